The minimum atomic E-state index is -3.05. The van der Waals surface area contributed by atoms with Gasteiger partial charge >= 0.3 is 0 Å². The first-order chi connectivity index (χ1) is 10.7. The second kappa shape index (κ2) is 6.70. The van der Waals surface area contributed by atoms with E-state index in [1.54, 1.807) is 13.1 Å². The van der Waals surface area contributed by atoms with E-state index in [1.807, 2.05) is 26.0 Å². The summed E-state index contributed by atoms with van der Waals surface area (Å²) in [5, 5.41) is 2.70. The van der Waals surface area contributed by atoms with Crippen molar-refractivity contribution >= 4 is 27.3 Å². The van der Waals surface area contributed by atoms with Gasteiger partial charge in [0.05, 0.1) is 11.5 Å². The number of amides is 2. The minimum Gasteiger partial charge on any atom is -0.341 e. The van der Waals surface area contributed by atoms with Gasteiger partial charge in [0.2, 0.25) is 11.8 Å². The van der Waals surface area contributed by atoms with Gasteiger partial charge < -0.3 is 10.2 Å². The standard InChI is InChI=1S/C16H22N2O4S/c1-11-4-5-13(8-12(11)2)17-15(19)9-16(20)18(3)14-6-7-23(21,22)10-14/h4-5,8,14H,6-7,9-10H2,1-3H3,(H,17,19). The van der Waals surface area contributed by atoms with E-state index in [0.29, 0.717) is 12.1 Å². The van der Waals surface area contributed by atoms with Crippen molar-refractivity contribution < 1.29 is 18.0 Å². The van der Waals surface area contributed by atoms with Crippen molar-refractivity contribution in [1.82, 2.24) is 4.90 Å². The number of sulfone groups is 1. The van der Waals surface area contributed by atoms with Gasteiger partial charge in [0, 0.05) is 18.8 Å². The highest BCUT2D eigenvalue weighted by atomic mass is 32.2. The maximum absolute atomic E-state index is 12.1. The number of rotatable bonds is 4. The van der Waals surface area contributed by atoms with Crippen LogP contribution in [0.25, 0.3) is 0 Å². The summed E-state index contributed by atoms with van der Waals surface area (Å²) in [6.07, 6.45) is 0.142. The Kier molecular flexibility index (Phi) is 5.09. The number of nitrogens with one attached hydrogen (secondary N) is 1. The van der Waals surface area contributed by atoms with Crippen molar-refractivity contribution in [2.75, 3.05) is 23.9 Å². The zero-order valence-corrected chi connectivity index (χ0v) is 14.4. The number of carbonyl (C=O) groups excluding carboxylic acids is 2. The van der Waals surface area contributed by atoms with Crippen LogP contribution in [0.5, 0.6) is 0 Å². The predicted molar refractivity (Wildman–Crippen MR) is 89.0 cm³/mol. The lowest BCUT2D eigenvalue weighted by atomic mass is 10.1. The Morgan fingerprint density at radius 1 is 1.26 bits per heavy atom. The van der Waals surface area contributed by atoms with Crippen LogP contribution in [0.1, 0.15) is 24.0 Å². The van der Waals surface area contributed by atoms with Crippen molar-refractivity contribution in [3.05, 3.63) is 29.3 Å². The highest BCUT2D eigenvalue weighted by Crippen LogP contribution is 2.18. The molecule has 2 amide bonds. The monoisotopic (exact) mass is 338 g/mol. The molecule has 1 aromatic rings. The van der Waals surface area contributed by atoms with Gasteiger partial charge in [0.1, 0.15) is 6.42 Å². The molecule has 1 N–H and O–H groups in total. The Labute approximate surface area is 136 Å². The van der Waals surface area contributed by atoms with E-state index >= 15 is 0 Å². The van der Waals surface area contributed by atoms with Crippen LogP contribution in [0.15, 0.2) is 18.2 Å². The first-order valence-electron chi connectivity index (χ1n) is 7.51. The maximum atomic E-state index is 12.1. The molecule has 1 unspecified atom stereocenters. The van der Waals surface area contributed by atoms with Crippen LogP contribution in [-0.4, -0.2) is 49.7 Å². The van der Waals surface area contributed by atoms with Crippen LogP contribution in [0, 0.1) is 13.8 Å². The molecule has 1 aliphatic heterocycles. The molecule has 0 bridgehead atoms. The van der Waals surface area contributed by atoms with Gasteiger partial charge in [-0.2, -0.15) is 0 Å². The van der Waals surface area contributed by atoms with Gasteiger partial charge in [-0.05, 0) is 43.5 Å². The highest BCUT2D eigenvalue weighted by Gasteiger charge is 2.33. The Bertz CT molecular complexity index is 728. The van der Waals surface area contributed by atoms with Gasteiger partial charge in [-0.1, -0.05) is 6.07 Å². The summed E-state index contributed by atoms with van der Waals surface area (Å²) in [6, 6.07) is 5.22. The molecule has 1 heterocycles. The second-order valence-electron chi connectivity index (χ2n) is 6.09. The van der Waals surface area contributed by atoms with E-state index in [1.165, 1.54) is 4.90 Å². The number of nitrogens with zero attached hydrogens (tertiary/aromatic N) is 1. The number of hydrogen-bond acceptors (Lipinski definition) is 4. The van der Waals surface area contributed by atoms with Crippen LogP contribution >= 0.6 is 0 Å². The molecule has 23 heavy (non-hydrogen) atoms. The van der Waals surface area contributed by atoms with E-state index in [-0.39, 0.29) is 29.9 Å². The third-order valence-corrected chi connectivity index (χ3v) is 6.00. The average molecular weight is 338 g/mol. The Balaban J connectivity index is 1.91. The van der Waals surface area contributed by atoms with Gasteiger partial charge in [0.15, 0.2) is 9.84 Å². The summed E-state index contributed by atoms with van der Waals surface area (Å²) >= 11 is 0. The Morgan fingerprint density at radius 2 is 1.96 bits per heavy atom. The van der Waals surface area contributed by atoms with Crippen LogP contribution in [-0.2, 0) is 19.4 Å². The number of benzene rings is 1. The Hall–Kier alpha value is -1.89. The van der Waals surface area contributed by atoms with Crippen LogP contribution in [0.3, 0.4) is 0 Å². The molecule has 0 aromatic heterocycles. The molecule has 0 radical (unpaired) electrons. The average Bonchev–Trinajstić information content (AvgIpc) is 2.82. The van der Waals surface area contributed by atoms with E-state index in [4.69, 9.17) is 0 Å². The molecule has 0 saturated carbocycles. The SMILES string of the molecule is Cc1ccc(NC(=O)CC(=O)N(C)C2CCS(=O)(=O)C2)cc1C. The van der Waals surface area contributed by atoms with Crippen molar-refractivity contribution in [1.29, 1.82) is 0 Å². The quantitative estimate of drug-likeness (QED) is 0.838. The van der Waals surface area contributed by atoms with E-state index < -0.39 is 15.7 Å². The van der Waals surface area contributed by atoms with Gasteiger partial charge in [-0.15, -0.1) is 0 Å². The molecule has 6 nitrogen and oxygen atoms in total. The van der Waals surface area contributed by atoms with Crippen LogP contribution in [0.4, 0.5) is 5.69 Å². The molecule has 0 aliphatic carbocycles. The summed E-state index contributed by atoms with van der Waals surface area (Å²) in [6.45, 7) is 3.93. The normalized spacial score (nSPS) is 19.3. The molecule has 2 rings (SSSR count). The van der Waals surface area contributed by atoms with Crippen LogP contribution in [0.2, 0.25) is 0 Å². The third-order valence-electron chi connectivity index (χ3n) is 4.25. The highest BCUT2D eigenvalue weighted by molar-refractivity contribution is 7.91. The number of carbonyl (C=O) groups is 2. The molecular weight excluding hydrogens is 316 g/mol. The largest absolute Gasteiger partial charge is 0.341 e. The minimum absolute atomic E-state index is 0.0198. The van der Waals surface area contributed by atoms with E-state index in [9.17, 15) is 18.0 Å². The summed E-state index contributed by atoms with van der Waals surface area (Å²) in [7, 11) is -1.50. The molecule has 1 atom stereocenters. The predicted octanol–water partition coefficient (Wildman–Crippen LogP) is 1.28. The number of anilines is 1. The first-order valence-corrected chi connectivity index (χ1v) is 9.33. The molecule has 7 heteroatoms. The van der Waals surface area contributed by atoms with Gasteiger partial charge in [-0.25, -0.2) is 8.42 Å². The first kappa shape index (κ1) is 17.5. The van der Waals surface area contributed by atoms with Crippen molar-refractivity contribution in [3.63, 3.8) is 0 Å². The Morgan fingerprint density at radius 3 is 2.52 bits per heavy atom. The zero-order valence-electron chi connectivity index (χ0n) is 13.6. The topological polar surface area (TPSA) is 83.6 Å². The van der Waals surface area contributed by atoms with Crippen LogP contribution < -0.4 is 5.32 Å². The van der Waals surface area contributed by atoms with Gasteiger partial charge in [0.25, 0.3) is 0 Å². The number of aryl methyl sites for hydroxylation is 2. The maximum Gasteiger partial charge on any atom is 0.233 e. The summed E-state index contributed by atoms with van der Waals surface area (Å²) in [4.78, 5) is 25.5. The van der Waals surface area contributed by atoms with E-state index in [2.05, 4.69) is 5.32 Å². The zero-order chi connectivity index (χ0) is 17.2. The van der Waals surface area contributed by atoms with Gasteiger partial charge in [-0.3, -0.25) is 9.59 Å². The lowest BCUT2D eigenvalue weighted by Gasteiger charge is -2.23. The second-order valence-corrected chi connectivity index (χ2v) is 8.31. The molecule has 1 aliphatic rings. The fourth-order valence-corrected chi connectivity index (χ4v) is 4.35. The fourth-order valence-electron chi connectivity index (χ4n) is 2.57. The lowest BCUT2D eigenvalue weighted by Crippen LogP contribution is -2.39. The molecule has 0 spiro atoms. The fraction of sp³-hybridized carbons (Fsp3) is 0.500. The third kappa shape index (κ3) is 4.54. The summed E-state index contributed by atoms with van der Waals surface area (Å²) in [5.74, 6) is -0.683. The lowest BCUT2D eigenvalue weighted by molar-refractivity contribution is -0.134. The molecule has 126 valence electrons. The smallest absolute Gasteiger partial charge is 0.233 e. The molecular formula is C16H22N2O4S. The molecule has 1 saturated heterocycles. The summed E-state index contributed by atoms with van der Waals surface area (Å²) in [5.41, 5.74) is 2.83. The summed E-state index contributed by atoms with van der Waals surface area (Å²) < 4.78 is 22.9. The molecule has 1 fully saturated rings. The molecule has 1 aromatic carbocycles. The van der Waals surface area contributed by atoms with Crippen molar-refractivity contribution in [3.8, 4) is 0 Å². The number of hydrogen-bond donors (Lipinski definition) is 1. The van der Waals surface area contributed by atoms with E-state index in [0.717, 1.165) is 11.1 Å². The van der Waals surface area contributed by atoms with Crippen molar-refractivity contribution in [2.45, 2.75) is 32.7 Å². The van der Waals surface area contributed by atoms with Crippen molar-refractivity contribution in [2.24, 2.45) is 0 Å².